The van der Waals surface area contributed by atoms with Gasteiger partial charge in [0.1, 0.15) is 30.8 Å². The molecule has 9 heteroatoms. The maximum Gasteiger partial charge on any atom is 0.147 e. The molecule has 24 heavy (non-hydrogen) atoms. The van der Waals surface area contributed by atoms with E-state index < -0.39 is 6.10 Å². The van der Waals surface area contributed by atoms with Crippen LogP contribution in [0.5, 0.6) is 11.5 Å². The van der Waals surface area contributed by atoms with E-state index in [1.54, 1.807) is 0 Å². The van der Waals surface area contributed by atoms with Crippen molar-refractivity contribution in [2.75, 3.05) is 13.2 Å². The van der Waals surface area contributed by atoms with Crippen molar-refractivity contribution in [3.8, 4) is 11.5 Å². The summed E-state index contributed by atoms with van der Waals surface area (Å²) in [7, 11) is 0. The van der Waals surface area contributed by atoms with Crippen molar-refractivity contribution in [2.24, 2.45) is 0 Å². The largest absolute Gasteiger partial charge is 0.488 e. The number of hydrogen-bond donors (Lipinski definition) is 1. The van der Waals surface area contributed by atoms with Crippen molar-refractivity contribution in [3.63, 3.8) is 0 Å². The summed E-state index contributed by atoms with van der Waals surface area (Å²) in [6, 6.07) is 7.50. The number of rotatable bonds is 6. The predicted octanol–water partition coefficient (Wildman–Crippen LogP) is 7.08. The summed E-state index contributed by atoms with van der Waals surface area (Å²) in [4.78, 5) is 0. The van der Waals surface area contributed by atoms with E-state index in [9.17, 15) is 5.11 Å². The lowest BCUT2D eigenvalue weighted by Gasteiger charge is -2.17. The highest BCUT2D eigenvalue weighted by Gasteiger charge is 2.14. The molecule has 0 aromatic heterocycles. The topological polar surface area (TPSA) is 38.7 Å². The molecule has 1 N–H and O–H groups in total. The highest BCUT2D eigenvalue weighted by Crippen LogP contribution is 2.37. The van der Waals surface area contributed by atoms with Gasteiger partial charge in [-0.1, -0.05) is 31.9 Å². The first-order chi connectivity index (χ1) is 11.3. The van der Waals surface area contributed by atoms with Crippen LogP contribution in [0.2, 0.25) is 0 Å². The van der Waals surface area contributed by atoms with Crippen molar-refractivity contribution in [3.05, 3.63) is 51.1 Å². The predicted molar refractivity (Wildman–Crippen MR) is 116 cm³/mol. The number of benzene rings is 2. The van der Waals surface area contributed by atoms with Gasteiger partial charge in [-0.3, -0.25) is 0 Å². The average molecular weight is 718 g/mol. The molecule has 0 heterocycles. The Morgan fingerprint density at radius 3 is 1.25 bits per heavy atom. The van der Waals surface area contributed by atoms with Gasteiger partial charge in [-0.15, -0.1) is 0 Å². The van der Waals surface area contributed by atoms with Crippen LogP contribution in [-0.2, 0) is 0 Å². The van der Waals surface area contributed by atoms with E-state index in [2.05, 4.69) is 95.6 Å². The molecule has 2 aromatic rings. The first-order valence-corrected chi connectivity index (χ1v) is 11.3. The molecular formula is C15H10Br6O3. The van der Waals surface area contributed by atoms with Crippen LogP contribution in [0.4, 0.5) is 0 Å². The first-order valence-electron chi connectivity index (χ1n) is 6.50. The summed E-state index contributed by atoms with van der Waals surface area (Å²) in [6.45, 7) is 0.204. The summed E-state index contributed by atoms with van der Waals surface area (Å²) in [5.74, 6) is 1.26. The van der Waals surface area contributed by atoms with E-state index in [4.69, 9.17) is 9.47 Å². The van der Waals surface area contributed by atoms with Gasteiger partial charge in [-0.05, 0) is 88.0 Å². The lowest BCUT2D eigenvalue weighted by molar-refractivity contribution is 0.0616. The number of ether oxygens (including phenoxy) is 2. The number of aliphatic hydroxyl groups is 1. The minimum atomic E-state index is -0.783. The molecule has 0 saturated heterocycles. The minimum Gasteiger partial charge on any atom is -0.488 e. The van der Waals surface area contributed by atoms with Gasteiger partial charge >= 0.3 is 0 Å². The molecule has 0 saturated carbocycles. The van der Waals surface area contributed by atoms with Gasteiger partial charge in [0.25, 0.3) is 0 Å². The second kappa shape index (κ2) is 9.71. The lowest BCUT2D eigenvalue weighted by atomic mass is 10.3. The molecule has 0 amide bonds. The van der Waals surface area contributed by atoms with Gasteiger partial charge < -0.3 is 14.6 Å². The van der Waals surface area contributed by atoms with Crippen LogP contribution in [0, 0.1) is 0 Å². The zero-order chi connectivity index (χ0) is 17.9. The quantitative estimate of drug-likeness (QED) is 0.348. The van der Waals surface area contributed by atoms with Crippen LogP contribution >= 0.6 is 95.6 Å². The smallest absolute Gasteiger partial charge is 0.147 e. The summed E-state index contributed by atoms with van der Waals surface area (Å²) < 4.78 is 16.3. The fraction of sp³-hybridized carbons (Fsp3) is 0.200. The Hall–Kier alpha value is 0.880. The first kappa shape index (κ1) is 21.2. The molecule has 0 aliphatic rings. The van der Waals surface area contributed by atoms with Crippen LogP contribution in [0.1, 0.15) is 0 Å². The molecule has 2 aromatic carbocycles. The monoisotopic (exact) mass is 712 g/mol. The second-order valence-corrected chi connectivity index (χ2v) is 9.92. The van der Waals surface area contributed by atoms with E-state index in [0.717, 1.165) is 26.8 Å². The summed E-state index contributed by atoms with van der Waals surface area (Å²) in [5.41, 5.74) is 0. The van der Waals surface area contributed by atoms with E-state index in [1.165, 1.54) is 0 Å². The molecule has 3 nitrogen and oxygen atoms in total. The Morgan fingerprint density at radius 1 is 0.667 bits per heavy atom. The Bertz CT molecular complexity index is 630. The van der Waals surface area contributed by atoms with E-state index in [0.29, 0.717) is 11.5 Å². The molecule has 0 fully saturated rings. The third-order valence-corrected chi connectivity index (χ3v) is 6.04. The van der Waals surface area contributed by atoms with Gasteiger partial charge in [0.2, 0.25) is 0 Å². The maximum atomic E-state index is 10.1. The van der Waals surface area contributed by atoms with Crippen LogP contribution < -0.4 is 9.47 Å². The van der Waals surface area contributed by atoms with Gasteiger partial charge in [0, 0.05) is 8.95 Å². The lowest BCUT2D eigenvalue weighted by Crippen LogP contribution is -2.25. The minimum absolute atomic E-state index is 0.102. The molecule has 0 aliphatic carbocycles. The SMILES string of the molecule is OC(COc1c(Br)cc(Br)cc1Br)COc1c(Br)cc(Br)cc1Br. The summed E-state index contributed by atoms with van der Waals surface area (Å²) >= 11 is 20.5. The Labute approximate surface area is 190 Å². The van der Waals surface area contributed by atoms with Gasteiger partial charge in [-0.25, -0.2) is 0 Å². The van der Waals surface area contributed by atoms with Crippen LogP contribution in [-0.4, -0.2) is 24.4 Å². The normalized spacial score (nSPS) is 11.0. The van der Waals surface area contributed by atoms with Gasteiger partial charge in [0.15, 0.2) is 0 Å². The molecule has 0 radical (unpaired) electrons. The van der Waals surface area contributed by atoms with Crippen molar-refractivity contribution in [1.82, 2.24) is 0 Å². The number of aliphatic hydroxyl groups excluding tert-OH is 1. The molecule has 0 unspecified atom stereocenters. The van der Waals surface area contributed by atoms with E-state index in [-0.39, 0.29) is 13.2 Å². The molecule has 0 spiro atoms. The Balaban J connectivity index is 1.94. The summed E-state index contributed by atoms with van der Waals surface area (Å²) in [6.07, 6.45) is -0.783. The summed E-state index contributed by atoms with van der Waals surface area (Å²) in [5, 5.41) is 10.1. The van der Waals surface area contributed by atoms with Crippen molar-refractivity contribution >= 4 is 95.6 Å². The molecule has 0 bridgehead atoms. The Morgan fingerprint density at radius 2 is 0.958 bits per heavy atom. The zero-order valence-electron chi connectivity index (χ0n) is 11.8. The molecule has 0 atom stereocenters. The second-order valence-electron chi connectivity index (χ2n) is 4.67. The molecule has 2 rings (SSSR count). The zero-order valence-corrected chi connectivity index (χ0v) is 21.3. The van der Waals surface area contributed by atoms with E-state index in [1.807, 2.05) is 24.3 Å². The highest BCUT2D eigenvalue weighted by atomic mass is 79.9. The van der Waals surface area contributed by atoms with Crippen molar-refractivity contribution < 1.29 is 14.6 Å². The maximum absolute atomic E-state index is 10.1. The fourth-order valence-electron chi connectivity index (χ4n) is 1.74. The van der Waals surface area contributed by atoms with Crippen LogP contribution in [0.25, 0.3) is 0 Å². The fourth-order valence-corrected chi connectivity index (χ4v) is 6.72. The van der Waals surface area contributed by atoms with E-state index >= 15 is 0 Å². The van der Waals surface area contributed by atoms with Crippen LogP contribution in [0.3, 0.4) is 0 Å². The molecule has 130 valence electrons. The van der Waals surface area contributed by atoms with Crippen molar-refractivity contribution in [1.29, 1.82) is 0 Å². The van der Waals surface area contributed by atoms with Crippen molar-refractivity contribution in [2.45, 2.75) is 6.10 Å². The molecule has 0 aliphatic heterocycles. The third-order valence-electron chi connectivity index (χ3n) is 2.77. The standard InChI is InChI=1S/C15H10Br6O3/c16-7-1-10(18)14(11(19)2-7)23-5-9(22)6-24-15-12(20)3-8(17)4-13(15)21/h1-4,9,22H,5-6H2. The third kappa shape index (κ3) is 5.96. The van der Waals surface area contributed by atoms with Gasteiger partial charge in [-0.2, -0.15) is 0 Å². The number of halogens is 6. The molecular weight excluding hydrogens is 708 g/mol. The average Bonchev–Trinajstić information content (AvgIpc) is 2.44. The van der Waals surface area contributed by atoms with Gasteiger partial charge in [0.05, 0.1) is 17.9 Å². The van der Waals surface area contributed by atoms with Crippen LogP contribution in [0.15, 0.2) is 51.1 Å². The Kier molecular flexibility index (Phi) is 8.57. The number of hydrogen-bond acceptors (Lipinski definition) is 3. The highest BCUT2D eigenvalue weighted by molar-refractivity contribution is 9.12.